The van der Waals surface area contributed by atoms with Gasteiger partial charge >= 0.3 is 17.9 Å². The summed E-state index contributed by atoms with van der Waals surface area (Å²) in [6.45, 7) is 25.9. The van der Waals surface area contributed by atoms with Gasteiger partial charge in [0.05, 0.1) is 41.7 Å². The summed E-state index contributed by atoms with van der Waals surface area (Å²) in [4.78, 5) is 42.2. The van der Waals surface area contributed by atoms with E-state index in [2.05, 4.69) is 81.4 Å². The molecule has 0 radical (unpaired) electrons. The molecule has 0 spiro atoms. The number of fused-ring (bicyclic) bond motifs is 14. The normalized spacial score (nSPS) is 55.0. The summed E-state index contributed by atoms with van der Waals surface area (Å²) in [5.41, 5.74) is -1.61. The third-order valence-electron chi connectivity index (χ3n) is 26.9. The molecule has 0 aromatic heterocycles. The summed E-state index contributed by atoms with van der Waals surface area (Å²) < 4.78 is 6.58. The monoisotopic (exact) mass is 957 g/mol. The van der Waals surface area contributed by atoms with Crippen molar-refractivity contribution >= 4 is 17.9 Å². The van der Waals surface area contributed by atoms with E-state index < -0.39 is 45.1 Å². The largest absolute Gasteiger partial charge is 0.481 e. The van der Waals surface area contributed by atoms with Gasteiger partial charge in [0.1, 0.15) is 0 Å². The molecular formula is C60H92O9. The van der Waals surface area contributed by atoms with Gasteiger partial charge in [-0.2, -0.15) is 0 Å². The van der Waals surface area contributed by atoms with E-state index >= 15 is 0 Å². The molecule has 0 aliphatic heterocycles. The summed E-state index contributed by atoms with van der Waals surface area (Å²) in [5, 5.41) is 55.6. The minimum atomic E-state index is -0.933. The van der Waals surface area contributed by atoms with Gasteiger partial charge in [0, 0.05) is 10.8 Å². The molecule has 0 saturated heterocycles. The fourth-order valence-corrected chi connectivity index (χ4v) is 21.7. The van der Waals surface area contributed by atoms with E-state index in [1.54, 1.807) is 0 Å². The van der Waals surface area contributed by atoms with Crippen molar-refractivity contribution in [2.75, 3.05) is 13.2 Å². The highest BCUT2D eigenvalue weighted by molar-refractivity contribution is 5.80. The van der Waals surface area contributed by atoms with Gasteiger partial charge in [-0.25, -0.2) is 0 Å². The Balaban J connectivity index is 0.903. The molecule has 8 fully saturated rings. The summed E-state index contributed by atoms with van der Waals surface area (Å²) in [7, 11) is 0. The Bertz CT molecular complexity index is 2230. The van der Waals surface area contributed by atoms with E-state index in [4.69, 9.17) is 4.74 Å². The Kier molecular flexibility index (Phi) is 11.2. The number of allylic oxidation sites excluding steroid dienone is 4. The second-order valence-corrected chi connectivity index (χ2v) is 29.6. The number of carboxylic acid groups (broad SMARTS) is 2. The van der Waals surface area contributed by atoms with Crippen LogP contribution in [0.15, 0.2) is 23.3 Å². The summed E-state index contributed by atoms with van der Waals surface area (Å²) in [6.07, 6.45) is 19.5. The minimum absolute atomic E-state index is 0.00581. The molecule has 0 amide bonds. The topological polar surface area (TPSA) is 162 Å². The average molecular weight is 957 g/mol. The smallest absolute Gasteiger partial charge is 0.311 e. The third kappa shape index (κ3) is 6.26. The molecule has 0 bridgehead atoms. The van der Waals surface area contributed by atoms with Gasteiger partial charge in [-0.3, -0.25) is 14.4 Å². The molecule has 8 saturated carbocycles. The van der Waals surface area contributed by atoms with Crippen LogP contribution in [0, 0.1) is 100 Å². The summed E-state index contributed by atoms with van der Waals surface area (Å²) in [5.74, 6) is -0.672. The number of aliphatic carboxylic acids is 2. The van der Waals surface area contributed by atoms with Crippen molar-refractivity contribution in [3.8, 4) is 0 Å². The van der Waals surface area contributed by atoms with Crippen LogP contribution in [-0.2, 0) is 19.1 Å². The number of carboxylic acids is 2. The first-order valence-electron chi connectivity index (χ1n) is 28.0. The van der Waals surface area contributed by atoms with Crippen molar-refractivity contribution in [2.45, 2.75) is 217 Å². The van der Waals surface area contributed by atoms with Crippen molar-refractivity contribution in [2.24, 2.45) is 100 Å². The Morgan fingerprint density at radius 1 is 0.551 bits per heavy atom. The molecule has 19 atom stereocenters. The van der Waals surface area contributed by atoms with Crippen molar-refractivity contribution in [1.29, 1.82) is 0 Å². The zero-order valence-corrected chi connectivity index (χ0v) is 44.7. The first-order valence-corrected chi connectivity index (χ1v) is 28.0. The maximum atomic E-state index is 14.9. The number of carbonyl (C=O) groups excluding carboxylic acids is 1. The van der Waals surface area contributed by atoms with Crippen LogP contribution in [0.3, 0.4) is 0 Å². The molecule has 0 heterocycles. The number of hydrogen-bond donors (Lipinski definition) is 5. The van der Waals surface area contributed by atoms with E-state index in [0.717, 1.165) is 70.6 Å². The maximum absolute atomic E-state index is 14.9. The van der Waals surface area contributed by atoms with Crippen molar-refractivity contribution < 1.29 is 44.7 Å². The fraction of sp³-hybridized carbons (Fsp3) is 0.883. The highest BCUT2D eigenvalue weighted by Crippen LogP contribution is 2.78. The number of esters is 1. The number of aliphatic hydroxyl groups is 3. The van der Waals surface area contributed by atoms with E-state index in [1.807, 2.05) is 6.92 Å². The van der Waals surface area contributed by atoms with Crippen LogP contribution in [0.25, 0.3) is 0 Å². The zero-order valence-electron chi connectivity index (χ0n) is 44.7. The Hall–Kier alpha value is -2.23. The molecule has 10 rings (SSSR count). The lowest BCUT2D eigenvalue weighted by molar-refractivity contribution is -0.217. The first kappa shape index (κ1) is 50.3. The molecule has 10 aliphatic carbocycles. The van der Waals surface area contributed by atoms with Crippen LogP contribution >= 0.6 is 0 Å². The molecule has 0 aromatic carbocycles. The van der Waals surface area contributed by atoms with E-state index in [9.17, 15) is 39.9 Å². The lowest BCUT2D eigenvalue weighted by Crippen LogP contribution is -2.66. The molecule has 386 valence electrons. The highest BCUT2D eigenvalue weighted by Gasteiger charge is 2.72. The SMILES string of the molecule is CC1(COC(=O)C2(C)CCC3(C(=O)O)CCC4(C)C(=CCC5C6(C)CCC(O)C(C)(CO)C6CCC54C)C3C2)CCC2(C(=O)O)CCC3(C)C(=CCC4C5(C)CCC(O)C(C)(C)C5CCC43C)C2C1. The predicted octanol–water partition coefficient (Wildman–Crippen LogP) is 12.0. The van der Waals surface area contributed by atoms with Crippen LogP contribution in [0.1, 0.15) is 205 Å². The zero-order chi connectivity index (χ0) is 50.2. The molecule has 9 heteroatoms. The van der Waals surface area contributed by atoms with Crippen LogP contribution in [0.4, 0.5) is 0 Å². The average Bonchev–Trinajstić information content (AvgIpc) is 3.28. The number of ether oxygens (including phenoxy) is 1. The van der Waals surface area contributed by atoms with Crippen molar-refractivity contribution in [3.05, 3.63) is 23.3 Å². The Labute approximate surface area is 414 Å². The predicted molar refractivity (Wildman–Crippen MR) is 266 cm³/mol. The van der Waals surface area contributed by atoms with Gasteiger partial charge in [0.2, 0.25) is 0 Å². The number of rotatable bonds is 6. The van der Waals surface area contributed by atoms with Crippen LogP contribution < -0.4 is 0 Å². The van der Waals surface area contributed by atoms with Crippen LogP contribution in [-0.4, -0.2) is 68.9 Å². The third-order valence-corrected chi connectivity index (χ3v) is 26.9. The number of carbonyl (C=O) groups is 3. The minimum Gasteiger partial charge on any atom is -0.481 e. The van der Waals surface area contributed by atoms with E-state index in [-0.39, 0.29) is 80.9 Å². The van der Waals surface area contributed by atoms with Gasteiger partial charge in [0.15, 0.2) is 0 Å². The van der Waals surface area contributed by atoms with E-state index in [0.29, 0.717) is 75.5 Å². The lowest BCUT2D eigenvalue weighted by atomic mass is 9.33. The molecule has 5 N–H and O–H groups in total. The molecule has 69 heavy (non-hydrogen) atoms. The molecule has 19 unspecified atom stereocenters. The van der Waals surface area contributed by atoms with Gasteiger partial charge in [-0.1, -0.05) is 92.5 Å². The fourth-order valence-electron chi connectivity index (χ4n) is 21.7. The second kappa shape index (κ2) is 15.4. The quantitative estimate of drug-likeness (QED) is 0.129. The number of hydrogen-bond acceptors (Lipinski definition) is 7. The highest BCUT2D eigenvalue weighted by atomic mass is 16.5. The Morgan fingerprint density at radius 2 is 1.01 bits per heavy atom. The molecule has 0 aromatic rings. The van der Waals surface area contributed by atoms with E-state index in [1.165, 1.54) is 11.1 Å². The Morgan fingerprint density at radius 3 is 1.54 bits per heavy atom. The standard InChI is InChI=1S/C60H92O9/c1-49(2)40-16-22-57(10)42(52(40,5)20-18-44(49)62)14-12-36-38-32-50(3,24-28-59(38,46(64)65)30-26-55(36,57)8)35-69-48(68)51(4)25-29-60(47(66)67)31-27-56(9)37(39(60)33-51)13-15-43-53(6)21-19-45(63)54(7,34-61)41(53)17-23-58(43,56)11/h12-13,38-45,61-63H,14-35H2,1-11H3,(H,64,65)(H,66,67). The van der Waals surface area contributed by atoms with Gasteiger partial charge in [-0.05, 0) is 209 Å². The molecule has 9 nitrogen and oxygen atoms in total. The number of aliphatic hydroxyl groups excluding tert-OH is 3. The van der Waals surface area contributed by atoms with Crippen molar-refractivity contribution in [1.82, 2.24) is 0 Å². The van der Waals surface area contributed by atoms with Gasteiger partial charge in [0.25, 0.3) is 0 Å². The lowest BCUT2D eigenvalue weighted by Gasteiger charge is -2.71. The van der Waals surface area contributed by atoms with Crippen molar-refractivity contribution in [3.63, 3.8) is 0 Å². The second-order valence-electron chi connectivity index (χ2n) is 29.6. The van der Waals surface area contributed by atoms with Gasteiger partial charge < -0.3 is 30.3 Å². The van der Waals surface area contributed by atoms with Crippen LogP contribution in [0.2, 0.25) is 0 Å². The summed E-state index contributed by atoms with van der Waals surface area (Å²) in [6, 6.07) is 0. The molecule has 10 aliphatic rings. The van der Waals surface area contributed by atoms with Crippen LogP contribution in [0.5, 0.6) is 0 Å². The van der Waals surface area contributed by atoms with Gasteiger partial charge in [-0.15, -0.1) is 0 Å². The summed E-state index contributed by atoms with van der Waals surface area (Å²) >= 11 is 0. The maximum Gasteiger partial charge on any atom is 0.311 e. The molecular weight excluding hydrogens is 865 g/mol. The first-order chi connectivity index (χ1) is 32.0.